The van der Waals surface area contributed by atoms with Crippen molar-refractivity contribution >= 4 is 22.9 Å². The maximum absolute atomic E-state index is 12.7. The molecule has 2 aromatic rings. The van der Waals surface area contributed by atoms with E-state index in [1.165, 1.54) is 6.07 Å². The number of aryl methyl sites for hydroxylation is 1. The van der Waals surface area contributed by atoms with E-state index in [0.717, 1.165) is 16.9 Å². The number of nitrogens with zero attached hydrogens (tertiary/aromatic N) is 2. The number of thiophene rings is 1. The van der Waals surface area contributed by atoms with Gasteiger partial charge in [-0.15, -0.1) is 11.3 Å². The molecule has 1 heterocycles. The maximum atomic E-state index is 12.7. The summed E-state index contributed by atoms with van der Waals surface area (Å²) in [4.78, 5) is 25.8. The molecule has 2 N–H and O–H groups in total. The quantitative estimate of drug-likeness (QED) is 0.623. The van der Waals surface area contributed by atoms with Gasteiger partial charge in [-0.05, 0) is 25.5 Å². The Bertz CT molecular complexity index is 685. The van der Waals surface area contributed by atoms with Crippen molar-refractivity contribution in [2.24, 2.45) is 5.73 Å². The summed E-state index contributed by atoms with van der Waals surface area (Å²) in [5, 5.41) is 11.0. The Labute approximate surface area is 138 Å². The van der Waals surface area contributed by atoms with Gasteiger partial charge in [0, 0.05) is 19.2 Å². The molecule has 6 nitrogen and oxygen atoms in total. The Morgan fingerprint density at radius 1 is 1.35 bits per heavy atom. The van der Waals surface area contributed by atoms with Crippen LogP contribution in [-0.2, 0) is 6.54 Å². The van der Waals surface area contributed by atoms with E-state index >= 15 is 0 Å². The Morgan fingerprint density at radius 3 is 2.61 bits per heavy atom. The summed E-state index contributed by atoms with van der Waals surface area (Å²) < 4.78 is 0. The summed E-state index contributed by atoms with van der Waals surface area (Å²) in [5.41, 5.74) is 6.56. The number of benzene rings is 1. The highest BCUT2D eigenvalue weighted by atomic mass is 32.1. The van der Waals surface area contributed by atoms with Crippen LogP contribution in [0.4, 0.5) is 5.69 Å². The molecule has 7 heteroatoms. The first-order valence-corrected chi connectivity index (χ1v) is 8.12. The molecule has 0 saturated carbocycles. The van der Waals surface area contributed by atoms with E-state index in [-0.39, 0.29) is 11.6 Å². The Morgan fingerprint density at radius 2 is 2.04 bits per heavy atom. The summed E-state index contributed by atoms with van der Waals surface area (Å²) in [7, 11) is 0. The van der Waals surface area contributed by atoms with Crippen LogP contribution in [-0.4, -0.2) is 28.8 Å². The molecule has 0 aliphatic carbocycles. The van der Waals surface area contributed by atoms with Gasteiger partial charge in [0.1, 0.15) is 0 Å². The van der Waals surface area contributed by atoms with Crippen LogP contribution in [0, 0.1) is 17.0 Å². The van der Waals surface area contributed by atoms with Gasteiger partial charge in [-0.2, -0.15) is 0 Å². The zero-order chi connectivity index (χ0) is 16.8. The van der Waals surface area contributed by atoms with Crippen molar-refractivity contribution in [3.63, 3.8) is 0 Å². The molecular weight excluding hydrogens is 314 g/mol. The van der Waals surface area contributed by atoms with Gasteiger partial charge in [-0.3, -0.25) is 14.9 Å². The molecule has 0 spiro atoms. The van der Waals surface area contributed by atoms with Crippen molar-refractivity contribution in [1.29, 1.82) is 0 Å². The number of nitrogens with two attached hydrogens (primary N) is 1. The number of nitro groups is 1. The third-order valence-corrected chi connectivity index (χ3v) is 4.46. The standard InChI is InChI=1S/C16H19N3O3S/c1-12-14(19(21)22)10-15(23-12)16(20)18(9-5-8-17)11-13-6-3-2-4-7-13/h2-4,6-7,10H,5,8-9,11,17H2,1H3. The van der Waals surface area contributed by atoms with Gasteiger partial charge in [0.25, 0.3) is 11.6 Å². The molecule has 0 saturated heterocycles. The number of carbonyl (C=O) groups excluding carboxylic acids is 1. The summed E-state index contributed by atoms with van der Waals surface area (Å²) >= 11 is 1.16. The third-order valence-electron chi connectivity index (χ3n) is 3.43. The van der Waals surface area contributed by atoms with E-state index in [4.69, 9.17) is 5.73 Å². The molecule has 0 fully saturated rings. The number of carbonyl (C=O) groups is 1. The third kappa shape index (κ3) is 4.37. The van der Waals surface area contributed by atoms with Crippen molar-refractivity contribution in [1.82, 2.24) is 4.90 Å². The topological polar surface area (TPSA) is 89.5 Å². The zero-order valence-electron chi connectivity index (χ0n) is 12.9. The molecule has 0 radical (unpaired) electrons. The fourth-order valence-electron chi connectivity index (χ4n) is 2.25. The van der Waals surface area contributed by atoms with Crippen molar-refractivity contribution in [2.45, 2.75) is 19.9 Å². The van der Waals surface area contributed by atoms with E-state index in [2.05, 4.69) is 0 Å². The summed E-state index contributed by atoms with van der Waals surface area (Å²) in [6.45, 7) is 3.13. The number of hydrogen-bond donors (Lipinski definition) is 1. The van der Waals surface area contributed by atoms with E-state index in [0.29, 0.717) is 35.8 Å². The predicted octanol–water partition coefficient (Wildman–Crippen LogP) is 2.96. The molecule has 0 aliphatic heterocycles. The first-order chi connectivity index (χ1) is 11.0. The fraction of sp³-hybridized carbons (Fsp3) is 0.312. The maximum Gasteiger partial charge on any atom is 0.283 e. The van der Waals surface area contributed by atoms with E-state index in [1.54, 1.807) is 11.8 Å². The Kier molecular flexibility index (Phi) is 5.84. The van der Waals surface area contributed by atoms with Crippen LogP contribution in [0.5, 0.6) is 0 Å². The van der Waals surface area contributed by atoms with E-state index in [9.17, 15) is 14.9 Å². The van der Waals surface area contributed by atoms with Crippen LogP contribution >= 0.6 is 11.3 Å². The lowest BCUT2D eigenvalue weighted by atomic mass is 10.2. The van der Waals surface area contributed by atoms with Crippen LogP contribution in [0.15, 0.2) is 36.4 Å². The summed E-state index contributed by atoms with van der Waals surface area (Å²) in [5.74, 6) is -0.191. The van der Waals surface area contributed by atoms with Gasteiger partial charge < -0.3 is 10.6 Å². The highest BCUT2D eigenvalue weighted by Gasteiger charge is 2.23. The normalized spacial score (nSPS) is 10.5. The minimum absolute atomic E-state index is 0.00293. The summed E-state index contributed by atoms with van der Waals surface area (Å²) in [6.07, 6.45) is 0.686. The molecule has 1 aromatic carbocycles. The number of hydrogen-bond acceptors (Lipinski definition) is 5. The second kappa shape index (κ2) is 7.85. The van der Waals surface area contributed by atoms with Crippen molar-refractivity contribution in [3.05, 3.63) is 61.8 Å². The lowest BCUT2D eigenvalue weighted by Gasteiger charge is -2.22. The molecule has 0 aliphatic rings. The van der Waals surface area contributed by atoms with Gasteiger partial charge in [-0.25, -0.2) is 0 Å². The van der Waals surface area contributed by atoms with Gasteiger partial charge in [0.2, 0.25) is 0 Å². The monoisotopic (exact) mass is 333 g/mol. The van der Waals surface area contributed by atoms with Gasteiger partial charge >= 0.3 is 0 Å². The van der Waals surface area contributed by atoms with Crippen LogP contribution in [0.1, 0.15) is 26.5 Å². The van der Waals surface area contributed by atoms with Crippen LogP contribution in [0.3, 0.4) is 0 Å². The lowest BCUT2D eigenvalue weighted by Crippen LogP contribution is -2.32. The number of rotatable bonds is 7. The largest absolute Gasteiger partial charge is 0.334 e. The summed E-state index contributed by atoms with van der Waals surface area (Å²) in [6, 6.07) is 11.0. The van der Waals surface area contributed by atoms with E-state index in [1.807, 2.05) is 30.3 Å². The molecule has 0 unspecified atom stereocenters. The number of amides is 1. The average Bonchev–Trinajstić information content (AvgIpc) is 2.94. The van der Waals surface area contributed by atoms with Crippen molar-refractivity contribution in [3.8, 4) is 0 Å². The van der Waals surface area contributed by atoms with Gasteiger partial charge in [0.05, 0.1) is 14.7 Å². The van der Waals surface area contributed by atoms with Crippen LogP contribution < -0.4 is 5.73 Å². The molecule has 1 aromatic heterocycles. The Balaban J connectivity index is 2.22. The van der Waals surface area contributed by atoms with E-state index < -0.39 is 4.92 Å². The first-order valence-electron chi connectivity index (χ1n) is 7.31. The smallest absolute Gasteiger partial charge is 0.283 e. The molecule has 0 atom stereocenters. The van der Waals surface area contributed by atoms with Gasteiger partial charge in [0.15, 0.2) is 0 Å². The fourth-order valence-corrected chi connectivity index (χ4v) is 3.21. The lowest BCUT2D eigenvalue weighted by molar-refractivity contribution is -0.385. The molecular formula is C16H19N3O3S. The predicted molar refractivity (Wildman–Crippen MR) is 90.6 cm³/mol. The molecule has 1 amide bonds. The minimum atomic E-state index is -0.454. The SMILES string of the molecule is Cc1sc(C(=O)N(CCCN)Cc2ccccc2)cc1[N+](=O)[O-]. The molecule has 2 rings (SSSR count). The van der Waals surface area contributed by atoms with Crippen molar-refractivity contribution < 1.29 is 9.72 Å². The highest BCUT2D eigenvalue weighted by Crippen LogP contribution is 2.29. The average molecular weight is 333 g/mol. The zero-order valence-corrected chi connectivity index (χ0v) is 13.7. The van der Waals surface area contributed by atoms with Crippen LogP contribution in [0.25, 0.3) is 0 Å². The first kappa shape index (κ1) is 17.1. The van der Waals surface area contributed by atoms with Crippen LogP contribution in [0.2, 0.25) is 0 Å². The molecule has 122 valence electrons. The second-order valence-corrected chi connectivity index (χ2v) is 6.42. The van der Waals surface area contributed by atoms with Gasteiger partial charge in [-0.1, -0.05) is 30.3 Å². The second-order valence-electron chi connectivity index (χ2n) is 5.16. The molecule has 23 heavy (non-hydrogen) atoms. The Hall–Kier alpha value is -2.25. The van der Waals surface area contributed by atoms with Crippen molar-refractivity contribution in [2.75, 3.05) is 13.1 Å². The highest BCUT2D eigenvalue weighted by molar-refractivity contribution is 7.14. The minimum Gasteiger partial charge on any atom is -0.334 e. The molecule has 0 bridgehead atoms.